The molecular weight excluding hydrogens is 399 g/mol. The van der Waals surface area contributed by atoms with Gasteiger partial charge in [0.1, 0.15) is 10.9 Å². The number of aryl methyl sites for hydroxylation is 2. The molecule has 0 atom stereocenters. The van der Waals surface area contributed by atoms with Gasteiger partial charge in [0.05, 0.1) is 23.2 Å². The van der Waals surface area contributed by atoms with Crippen molar-refractivity contribution in [2.45, 2.75) is 13.8 Å². The molecule has 1 aromatic heterocycles. The van der Waals surface area contributed by atoms with Gasteiger partial charge in [-0.2, -0.15) is 10.2 Å². The quantitative estimate of drug-likeness (QED) is 0.480. The van der Waals surface area contributed by atoms with Crippen LogP contribution < -0.4 is 10.2 Å². The zero-order valence-corrected chi connectivity index (χ0v) is 16.8. The third-order valence-corrected chi connectivity index (χ3v) is 4.53. The number of para-hydroxylation sites is 1. The molecule has 1 amide bonds. The highest BCUT2D eigenvalue weighted by molar-refractivity contribution is 6.32. The van der Waals surface area contributed by atoms with Crippen LogP contribution in [-0.2, 0) is 4.79 Å². The van der Waals surface area contributed by atoms with Crippen LogP contribution in [0, 0.1) is 13.8 Å². The van der Waals surface area contributed by atoms with Crippen LogP contribution in [0.4, 0.5) is 0 Å². The van der Waals surface area contributed by atoms with Crippen LogP contribution in [0.15, 0.2) is 53.6 Å². The van der Waals surface area contributed by atoms with Crippen LogP contribution in [0.25, 0.3) is 5.69 Å². The molecule has 0 unspecified atom stereocenters. The Morgan fingerprint density at radius 1 is 1.21 bits per heavy atom. The molecule has 3 aromatic rings. The highest BCUT2D eigenvalue weighted by atomic mass is 35.5. The van der Waals surface area contributed by atoms with E-state index in [4.69, 9.17) is 27.9 Å². The lowest BCUT2D eigenvalue weighted by molar-refractivity contribution is -0.123. The number of ether oxygens (including phenoxy) is 1. The molecular formula is C20H18Cl2N4O2. The molecule has 1 heterocycles. The Balaban J connectivity index is 1.61. The van der Waals surface area contributed by atoms with Crippen LogP contribution in [0.3, 0.4) is 0 Å². The Kier molecular flexibility index (Phi) is 6.34. The largest absolute Gasteiger partial charge is 0.483 e. The number of halogens is 2. The monoisotopic (exact) mass is 416 g/mol. The van der Waals surface area contributed by atoms with Crippen LogP contribution >= 0.6 is 23.2 Å². The highest BCUT2D eigenvalue weighted by Crippen LogP contribution is 2.22. The van der Waals surface area contributed by atoms with E-state index in [1.165, 1.54) is 6.21 Å². The minimum Gasteiger partial charge on any atom is -0.483 e. The number of aromatic nitrogens is 2. The molecule has 28 heavy (non-hydrogen) atoms. The van der Waals surface area contributed by atoms with Gasteiger partial charge >= 0.3 is 0 Å². The summed E-state index contributed by atoms with van der Waals surface area (Å²) < 4.78 is 7.10. The lowest BCUT2D eigenvalue weighted by Crippen LogP contribution is -2.24. The standard InChI is InChI=1S/C20H18Cl2N4O2/c1-13-10-15(21)8-9-18(13)28-12-19(27)24-23-11-17-14(2)25-26(20(17)22)16-6-4-3-5-7-16/h3-11H,12H2,1-2H3,(H,24,27)/b23-11-. The molecule has 0 aliphatic heterocycles. The molecule has 6 nitrogen and oxygen atoms in total. The first-order valence-electron chi connectivity index (χ1n) is 8.47. The molecule has 0 aliphatic carbocycles. The number of hydrogen-bond acceptors (Lipinski definition) is 4. The van der Waals surface area contributed by atoms with Gasteiger partial charge in [-0.1, -0.05) is 41.4 Å². The summed E-state index contributed by atoms with van der Waals surface area (Å²) in [6.07, 6.45) is 1.47. The highest BCUT2D eigenvalue weighted by Gasteiger charge is 2.13. The minimum atomic E-state index is -0.394. The lowest BCUT2D eigenvalue weighted by atomic mass is 10.2. The van der Waals surface area contributed by atoms with Crippen LogP contribution in [-0.4, -0.2) is 28.5 Å². The van der Waals surface area contributed by atoms with Crippen molar-refractivity contribution in [2.24, 2.45) is 5.10 Å². The van der Waals surface area contributed by atoms with E-state index in [1.54, 1.807) is 22.9 Å². The molecule has 0 radical (unpaired) electrons. The van der Waals surface area contributed by atoms with Gasteiger partial charge in [0.25, 0.3) is 5.91 Å². The van der Waals surface area contributed by atoms with Gasteiger partial charge < -0.3 is 4.74 Å². The van der Waals surface area contributed by atoms with Crippen molar-refractivity contribution >= 4 is 35.3 Å². The van der Waals surface area contributed by atoms with E-state index in [0.29, 0.717) is 27.2 Å². The molecule has 1 N–H and O–H groups in total. The van der Waals surface area contributed by atoms with Gasteiger partial charge in [0, 0.05) is 5.02 Å². The molecule has 0 aliphatic rings. The number of nitrogens with zero attached hydrogens (tertiary/aromatic N) is 3. The second kappa shape index (κ2) is 8.91. The SMILES string of the molecule is Cc1cc(Cl)ccc1OCC(=O)N/N=C\c1c(C)nn(-c2ccccc2)c1Cl. The van der Waals surface area contributed by atoms with Gasteiger partial charge in [-0.25, -0.2) is 10.1 Å². The molecule has 0 spiro atoms. The molecule has 3 rings (SSSR count). The zero-order valence-electron chi connectivity index (χ0n) is 15.3. The van der Waals surface area contributed by atoms with E-state index in [2.05, 4.69) is 15.6 Å². The summed E-state index contributed by atoms with van der Waals surface area (Å²) in [5, 5.41) is 9.40. The maximum Gasteiger partial charge on any atom is 0.277 e. The molecule has 144 valence electrons. The Morgan fingerprint density at radius 3 is 2.68 bits per heavy atom. The van der Waals surface area contributed by atoms with E-state index < -0.39 is 5.91 Å². The Labute approximate surface area is 172 Å². The zero-order chi connectivity index (χ0) is 20.1. The van der Waals surface area contributed by atoms with Crippen molar-refractivity contribution in [3.05, 3.63) is 75.5 Å². The fourth-order valence-electron chi connectivity index (χ4n) is 2.52. The van der Waals surface area contributed by atoms with Gasteiger partial charge in [0.2, 0.25) is 0 Å². The minimum absolute atomic E-state index is 0.171. The Bertz CT molecular complexity index is 1020. The van der Waals surface area contributed by atoms with Gasteiger partial charge in [-0.15, -0.1) is 0 Å². The summed E-state index contributed by atoms with van der Waals surface area (Å²) in [7, 11) is 0. The number of nitrogens with one attached hydrogen (secondary N) is 1. The van der Waals surface area contributed by atoms with Crippen molar-refractivity contribution in [1.29, 1.82) is 0 Å². The molecule has 0 fully saturated rings. The van der Waals surface area contributed by atoms with E-state index in [0.717, 1.165) is 11.3 Å². The van der Waals surface area contributed by atoms with Crippen LogP contribution in [0.2, 0.25) is 10.2 Å². The topological polar surface area (TPSA) is 68.5 Å². The van der Waals surface area contributed by atoms with Crippen molar-refractivity contribution < 1.29 is 9.53 Å². The third kappa shape index (κ3) is 4.71. The van der Waals surface area contributed by atoms with Gasteiger partial charge in [-0.3, -0.25) is 4.79 Å². The van der Waals surface area contributed by atoms with Crippen molar-refractivity contribution in [1.82, 2.24) is 15.2 Å². The average molecular weight is 417 g/mol. The summed E-state index contributed by atoms with van der Waals surface area (Å²) in [6, 6.07) is 14.7. The predicted octanol–water partition coefficient (Wildman–Crippen LogP) is 4.33. The third-order valence-electron chi connectivity index (χ3n) is 3.93. The van der Waals surface area contributed by atoms with Gasteiger partial charge in [0.15, 0.2) is 6.61 Å². The number of hydrazone groups is 1. The summed E-state index contributed by atoms with van der Waals surface area (Å²) >= 11 is 12.3. The molecule has 0 bridgehead atoms. The number of benzene rings is 2. The summed E-state index contributed by atoms with van der Waals surface area (Å²) in [5.41, 5.74) is 5.42. The Hall–Kier alpha value is -2.83. The van der Waals surface area contributed by atoms with Crippen LogP contribution in [0.5, 0.6) is 5.75 Å². The number of carbonyl (C=O) groups is 1. The second-order valence-electron chi connectivity index (χ2n) is 6.03. The first-order valence-corrected chi connectivity index (χ1v) is 9.22. The number of amides is 1. The van der Waals surface area contributed by atoms with Crippen molar-refractivity contribution in [2.75, 3.05) is 6.61 Å². The summed E-state index contributed by atoms with van der Waals surface area (Å²) in [5.74, 6) is 0.196. The van der Waals surface area contributed by atoms with E-state index in [9.17, 15) is 4.79 Å². The molecule has 0 saturated heterocycles. The lowest BCUT2D eigenvalue weighted by Gasteiger charge is -2.08. The maximum absolute atomic E-state index is 12.0. The maximum atomic E-state index is 12.0. The molecule has 0 saturated carbocycles. The first kappa shape index (κ1) is 19.9. The smallest absolute Gasteiger partial charge is 0.277 e. The first-order chi connectivity index (χ1) is 13.5. The normalized spacial score (nSPS) is 11.0. The van der Waals surface area contributed by atoms with Gasteiger partial charge in [-0.05, 0) is 49.7 Å². The summed E-state index contributed by atoms with van der Waals surface area (Å²) in [6.45, 7) is 3.50. The van der Waals surface area contributed by atoms with E-state index in [1.807, 2.05) is 44.2 Å². The molecule has 8 heteroatoms. The average Bonchev–Trinajstić information content (AvgIpc) is 2.96. The number of hydrogen-bond donors (Lipinski definition) is 1. The van der Waals surface area contributed by atoms with E-state index >= 15 is 0 Å². The summed E-state index contributed by atoms with van der Waals surface area (Å²) in [4.78, 5) is 12.0. The Morgan fingerprint density at radius 2 is 1.96 bits per heavy atom. The molecule has 2 aromatic carbocycles. The van der Waals surface area contributed by atoms with Crippen LogP contribution in [0.1, 0.15) is 16.8 Å². The fraction of sp³-hybridized carbons (Fsp3) is 0.150. The van der Waals surface area contributed by atoms with E-state index in [-0.39, 0.29) is 6.61 Å². The van der Waals surface area contributed by atoms with Crippen molar-refractivity contribution in [3.63, 3.8) is 0 Å². The van der Waals surface area contributed by atoms with Crippen molar-refractivity contribution in [3.8, 4) is 11.4 Å². The number of rotatable bonds is 6. The fourth-order valence-corrected chi connectivity index (χ4v) is 3.06. The predicted molar refractivity (Wildman–Crippen MR) is 111 cm³/mol. The second-order valence-corrected chi connectivity index (χ2v) is 6.82. The number of carbonyl (C=O) groups excluding carboxylic acids is 1.